The van der Waals surface area contributed by atoms with E-state index in [1.54, 1.807) is 6.20 Å². The maximum atomic E-state index is 13.1. The van der Waals surface area contributed by atoms with Crippen LogP contribution in [0.5, 0.6) is 0 Å². The second kappa shape index (κ2) is 11.3. The van der Waals surface area contributed by atoms with Crippen molar-refractivity contribution in [3.63, 3.8) is 0 Å². The SMILES string of the molecule is CC(NC(=O)/C(C#N)=C\N(Cc1ccccc1)Cc1ccccc1)c1ccc2c(c1)CCCC2. The van der Waals surface area contributed by atoms with E-state index in [-0.39, 0.29) is 17.5 Å². The topological polar surface area (TPSA) is 56.1 Å². The summed E-state index contributed by atoms with van der Waals surface area (Å²) < 4.78 is 0. The fourth-order valence-corrected chi connectivity index (χ4v) is 4.48. The Hall–Kier alpha value is -3.84. The van der Waals surface area contributed by atoms with Crippen LogP contribution in [0.1, 0.15) is 53.6 Å². The summed E-state index contributed by atoms with van der Waals surface area (Å²) in [5.41, 5.74) is 6.24. The molecule has 34 heavy (non-hydrogen) atoms. The van der Waals surface area contributed by atoms with Crippen LogP contribution < -0.4 is 5.32 Å². The first-order chi connectivity index (χ1) is 16.6. The largest absolute Gasteiger partial charge is 0.367 e. The summed E-state index contributed by atoms with van der Waals surface area (Å²) in [6, 6.07) is 28.6. The van der Waals surface area contributed by atoms with Crippen LogP contribution in [0.25, 0.3) is 0 Å². The van der Waals surface area contributed by atoms with Crippen LogP contribution in [0.4, 0.5) is 0 Å². The van der Waals surface area contributed by atoms with Gasteiger partial charge in [-0.15, -0.1) is 0 Å². The third-order valence-corrected chi connectivity index (χ3v) is 6.35. The normalized spacial score (nSPS) is 13.9. The number of amides is 1. The van der Waals surface area contributed by atoms with Crippen LogP contribution in [0, 0.1) is 11.3 Å². The van der Waals surface area contributed by atoms with E-state index in [0.29, 0.717) is 13.1 Å². The van der Waals surface area contributed by atoms with Crippen LogP contribution >= 0.6 is 0 Å². The van der Waals surface area contributed by atoms with Gasteiger partial charge in [0.25, 0.3) is 5.91 Å². The molecule has 0 saturated carbocycles. The average Bonchev–Trinajstić information content (AvgIpc) is 2.88. The first kappa shape index (κ1) is 23.3. The lowest BCUT2D eigenvalue weighted by Crippen LogP contribution is -2.29. The van der Waals surface area contributed by atoms with Crippen molar-refractivity contribution in [1.82, 2.24) is 10.2 Å². The molecule has 172 valence electrons. The summed E-state index contributed by atoms with van der Waals surface area (Å²) in [5, 5.41) is 12.8. The van der Waals surface area contributed by atoms with E-state index in [1.165, 1.54) is 24.0 Å². The number of benzene rings is 3. The molecule has 0 radical (unpaired) electrons. The molecule has 1 amide bonds. The second-order valence-electron chi connectivity index (χ2n) is 8.96. The summed E-state index contributed by atoms with van der Waals surface area (Å²) in [6.07, 6.45) is 6.39. The number of fused-ring (bicyclic) bond motifs is 1. The van der Waals surface area contributed by atoms with Gasteiger partial charge in [-0.25, -0.2) is 0 Å². The summed E-state index contributed by atoms with van der Waals surface area (Å²) in [5.74, 6) is -0.348. The molecule has 0 aliphatic heterocycles. The van der Waals surface area contributed by atoms with Crippen molar-refractivity contribution >= 4 is 5.91 Å². The van der Waals surface area contributed by atoms with Gasteiger partial charge in [0, 0.05) is 19.3 Å². The Balaban J connectivity index is 1.51. The number of carbonyl (C=O) groups excluding carboxylic acids is 1. The maximum absolute atomic E-state index is 13.1. The number of carbonyl (C=O) groups is 1. The fourth-order valence-electron chi connectivity index (χ4n) is 4.48. The number of nitrogens with zero attached hydrogens (tertiary/aromatic N) is 2. The minimum Gasteiger partial charge on any atom is -0.367 e. The molecule has 1 unspecified atom stereocenters. The summed E-state index contributed by atoms with van der Waals surface area (Å²) in [6.45, 7) is 3.19. The molecule has 1 aliphatic carbocycles. The van der Waals surface area contributed by atoms with Gasteiger partial charge in [-0.2, -0.15) is 5.26 Å². The molecule has 1 atom stereocenters. The van der Waals surface area contributed by atoms with Gasteiger partial charge >= 0.3 is 0 Å². The van der Waals surface area contributed by atoms with Gasteiger partial charge in [0.15, 0.2) is 0 Å². The van der Waals surface area contributed by atoms with Gasteiger partial charge < -0.3 is 10.2 Å². The van der Waals surface area contributed by atoms with Crippen molar-refractivity contribution in [3.05, 3.63) is 118 Å². The van der Waals surface area contributed by atoms with Gasteiger partial charge in [-0.3, -0.25) is 4.79 Å². The predicted molar refractivity (Wildman–Crippen MR) is 135 cm³/mol. The van der Waals surface area contributed by atoms with Crippen molar-refractivity contribution in [3.8, 4) is 6.07 Å². The standard InChI is InChI=1S/C30H31N3O/c1-23(27-17-16-26-14-8-9-15-28(26)18-27)32-30(34)29(19-31)22-33(20-24-10-4-2-5-11-24)21-25-12-6-3-7-13-25/h2-7,10-13,16-18,22-23H,8-9,14-15,20-21H2,1H3,(H,32,34)/b29-22-. The Morgan fingerprint density at radius 1 is 0.941 bits per heavy atom. The van der Waals surface area contributed by atoms with E-state index in [0.717, 1.165) is 29.5 Å². The first-order valence-corrected chi connectivity index (χ1v) is 12.0. The molecular formula is C30H31N3O. The molecular weight excluding hydrogens is 418 g/mol. The quantitative estimate of drug-likeness (QED) is 0.347. The monoisotopic (exact) mass is 449 g/mol. The maximum Gasteiger partial charge on any atom is 0.263 e. The van der Waals surface area contributed by atoms with Crippen LogP contribution in [0.3, 0.4) is 0 Å². The van der Waals surface area contributed by atoms with Crippen molar-refractivity contribution in [2.45, 2.75) is 51.7 Å². The molecule has 0 bridgehead atoms. The Morgan fingerprint density at radius 2 is 1.53 bits per heavy atom. The summed E-state index contributed by atoms with van der Waals surface area (Å²) >= 11 is 0. The van der Waals surface area contributed by atoms with Gasteiger partial charge in [-0.1, -0.05) is 78.9 Å². The molecule has 0 spiro atoms. The fraction of sp³-hybridized carbons (Fsp3) is 0.267. The molecule has 0 aromatic heterocycles. The highest BCUT2D eigenvalue weighted by Crippen LogP contribution is 2.25. The Bertz CT molecular complexity index is 1140. The molecule has 0 heterocycles. The van der Waals surface area contributed by atoms with Crippen molar-refractivity contribution < 1.29 is 4.79 Å². The average molecular weight is 450 g/mol. The molecule has 0 fully saturated rings. The smallest absolute Gasteiger partial charge is 0.263 e. The summed E-state index contributed by atoms with van der Waals surface area (Å²) in [7, 11) is 0. The van der Waals surface area contributed by atoms with Crippen molar-refractivity contribution in [2.24, 2.45) is 0 Å². The zero-order valence-corrected chi connectivity index (χ0v) is 19.7. The molecule has 4 rings (SSSR count). The van der Waals surface area contributed by atoms with Crippen LogP contribution in [0.2, 0.25) is 0 Å². The van der Waals surface area contributed by atoms with E-state index in [2.05, 4.69) is 53.9 Å². The molecule has 3 aromatic rings. The minimum absolute atomic E-state index is 0.108. The molecule has 3 aromatic carbocycles. The lowest BCUT2D eigenvalue weighted by atomic mass is 9.89. The van der Waals surface area contributed by atoms with Crippen LogP contribution in [-0.2, 0) is 30.7 Å². The van der Waals surface area contributed by atoms with E-state index in [1.807, 2.05) is 48.2 Å². The third-order valence-electron chi connectivity index (χ3n) is 6.35. The second-order valence-corrected chi connectivity index (χ2v) is 8.96. The molecule has 1 N–H and O–H groups in total. The van der Waals surface area contributed by atoms with Crippen molar-refractivity contribution in [1.29, 1.82) is 5.26 Å². The van der Waals surface area contributed by atoms with E-state index in [9.17, 15) is 10.1 Å². The van der Waals surface area contributed by atoms with Crippen LogP contribution in [0.15, 0.2) is 90.6 Å². The highest BCUT2D eigenvalue weighted by atomic mass is 16.1. The predicted octanol–water partition coefficient (Wildman–Crippen LogP) is 5.85. The van der Waals surface area contributed by atoms with E-state index >= 15 is 0 Å². The van der Waals surface area contributed by atoms with E-state index < -0.39 is 0 Å². The third kappa shape index (κ3) is 6.14. The molecule has 4 heteroatoms. The lowest BCUT2D eigenvalue weighted by Gasteiger charge is -2.22. The van der Waals surface area contributed by atoms with Gasteiger partial charge in [0.05, 0.1) is 6.04 Å². The molecule has 1 aliphatic rings. The van der Waals surface area contributed by atoms with Gasteiger partial charge in [0.2, 0.25) is 0 Å². The number of rotatable bonds is 8. The molecule has 4 nitrogen and oxygen atoms in total. The minimum atomic E-state index is -0.348. The Labute approximate surface area is 202 Å². The zero-order chi connectivity index (χ0) is 23.8. The Morgan fingerprint density at radius 3 is 2.12 bits per heavy atom. The van der Waals surface area contributed by atoms with Gasteiger partial charge in [-0.05, 0) is 60.4 Å². The number of hydrogen-bond acceptors (Lipinski definition) is 3. The summed E-state index contributed by atoms with van der Waals surface area (Å²) in [4.78, 5) is 15.1. The molecule has 0 saturated heterocycles. The van der Waals surface area contributed by atoms with E-state index in [4.69, 9.17) is 0 Å². The van der Waals surface area contributed by atoms with Crippen molar-refractivity contribution in [2.75, 3.05) is 0 Å². The number of nitriles is 1. The Kier molecular flexibility index (Phi) is 7.78. The highest BCUT2D eigenvalue weighted by molar-refractivity contribution is 5.97. The lowest BCUT2D eigenvalue weighted by molar-refractivity contribution is -0.117. The number of hydrogen-bond donors (Lipinski definition) is 1. The van der Waals surface area contributed by atoms with Crippen LogP contribution in [-0.4, -0.2) is 10.8 Å². The highest BCUT2D eigenvalue weighted by Gasteiger charge is 2.17. The number of aryl methyl sites for hydroxylation is 2. The first-order valence-electron chi connectivity index (χ1n) is 12.0. The van der Waals surface area contributed by atoms with Gasteiger partial charge in [0.1, 0.15) is 11.6 Å². The zero-order valence-electron chi connectivity index (χ0n) is 19.7. The number of nitrogens with one attached hydrogen (secondary N) is 1.